The molecule has 0 radical (unpaired) electrons. The van der Waals surface area contributed by atoms with Crippen LogP contribution in [0.1, 0.15) is 38.0 Å². The van der Waals surface area contributed by atoms with Crippen LogP contribution in [0.3, 0.4) is 0 Å². The molecule has 1 saturated carbocycles. The van der Waals surface area contributed by atoms with Crippen molar-refractivity contribution < 1.29 is 4.42 Å². The summed E-state index contributed by atoms with van der Waals surface area (Å²) in [6.45, 7) is 1.80. The minimum Gasteiger partial charge on any atom is -0.416 e. The molecule has 5 heteroatoms. The fourth-order valence-electron chi connectivity index (χ4n) is 2.20. The maximum absolute atomic E-state index is 6.19. The zero-order valence-electron chi connectivity index (χ0n) is 9.69. The Kier molecular flexibility index (Phi) is 4.23. The Morgan fingerprint density at radius 1 is 1.38 bits per heavy atom. The molecule has 0 saturated heterocycles. The van der Waals surface area contributed by atoms with Crippen LogP contribution in [0, 0.1) is 12.8 Å². The van der Waals surface area contributed by atoms with E-state index in [9.17, 15) is 0 Å². The molecule has 90 valence electrons. The Morgan fingerprint density at radius 3 is 2.75 bits per heavy atom. The van der Waals surface area contributed by atoms with Crippen LogP contribution < -0.4 is 5.73 Å². The fourth-order valence-corrected chi connectivity index (χ4v) is 3.09. The first kappa shape index (κ1) is 11.9. The summed E-state index contributed by atoms with van der Waals surface area (Å²) < 4.78 is 5.31. The van der Waals surface area contributed by atoms with E-state index in [1.54, 1.807) is 18.7 Å². The first-order valence-electron chi connectivity index (χ1n) is 5.94. The van der Waals surface area contributed by atoms with Crippen molar-refractivity contribution in [1.82, 2.24) is 10.2 Å². The van der Waals surface area contributed by atoms with E-state index in [0.717, 1.165) is 5.75 Å². The van der Waals surface area contributed by atoms with Gasteiger partial charge >= 0.3 is 0 Å². The Labute approximate surface area is 100 Å². The van der Waals surface area contributed by atoms with E-state index in [0.29, 0.717) is 17.0 Å². The molecule has 1 aromatic rings. The topological polar surface area (TPSA) is 64.9 Å². The molecule has 0 aliphatic heterocycles. The molecule has 0 amide bonds. The van der Waals surface area contributed by atoms with Crippen LogP contribution in [0.15, 0.2) is 9.64 Å². The van der Waals surface area contributed by atoms with Gasteiger partial charge in [-0.25, -0.2) is 0 Å². The smallest absolute Gasteiger partial charge is 0.276 e. The molecule has 1 aliphatic carbocycles. The normalized spacial score (nSPS) is 19.9. The molecule has 2 rings (SSSR count). The number of thioether (sulfide) groups is 1. The third-order valence-corrected chi connectivity index (χ3v) is 4.13. The number of nitrogens with two attached hydrogens (primary N) is 1. The largest absolute Gasteiger partial charge is 0.416 e. The van der Waals surface area contributed by atoms with Gasteiger partial charge in [0.25, 0.3) is 5.22 Å². The molecule has 0 bridgehead atoms. The van der Waals surface area contributed by atoms with Crippen molar-refractivity contribution in [2.24, 2.45) is 11.7 Å². The van der Waals surface area contributed by atoms with Crippen molar-refractivity contribution in [3.05, 3.63) is 5.89 Å². The summed E-state index contributed by atoms with van der Waals surface area (Å²) in [5, 5.41) is 8.39. The van der Waals surface area contributed by atoms with Crippen molar-refractivity contribution >= 4 is 11.8 Å². The standard InChI is InChI=1S/C11H19N3OS/c1-8-13-14-11(15-8)16-7-10(12)9-5-3-2-4-6-9/h9-10H,2-7,12H2,1H3. The SMILES string of the molecule is Cc1nnc(SCC(N)C2CCCCC2)o1. The lowest BCUT2D eigenvalue weighted by atomic mass is 9.85. The van der Waals surface area contributed by atoms with Gasteiger partial charge < -0.3 is 10.2 Å². The second kappa shape index (κ2) is 5.68. The summed E-state index contributed by atoms with van der Waals surface area (Å²) in [4.78, 5) is 0. The van der Waals surface area contributed by atoms with Gasteiger partial charge in [0.15, 0.2) is 0 Å². The zero-order chi connectivity index (χ0) is 11.4. The van der Waals surface area contributed by atoms with Crippen LogP contribution in [0.2, 0.25) is 0 Å². The number of rotatable bonds is 4. The first-order valence-corrected chi connectivity index (χ1v) is 6.93. The maximum Gasteiger partial charge on any atom is 0.276 e. The van der Waals surface area contributed by atoms with Gasteiger partial charge in [-0.3, -0.25) is 0 Å². The molecule has 16 heavy (non-hydrogen) atoms. The van der Waals surface area contributed by atoms with E-state index in [1.165, 1.54) is 32.1 Å². The predicted molar refractivity (Wildman–Crippen MR) is 64.3 cm³/mol. The average molecular weight is 241 g/mol. The second-order valence-corrected chi connectivity index (χ2v) is 5.43. The summed E-state index contributed by atoms with van der Waals surface area (Å²) in [7, 11) is 0. The first-order chi connectivity index (χ1) is 7.75. The van der Waals surface area contributed by atoms with Crippen molar-refractivity contribution in [2.75, 3.05) is 5.75 Å². The van der Waals surface area contributed by atoms with E-state index in [4.69, 9.17) is 10.2 Å². The van der Waals surface area contributed by atoms with Crippen LogP contribution in [-0.4, -0.2) is 22.0 Å². The zero-order valence-corrected chi connectivity index (χ0v) is 10.5. The monoisotopic (exact) mass is 241 g/mol. The summed E-state index contributed by atoms with van der Waals surface area (Å²) >= 11 is 1.58. The van der Waals surface area contributed by atoms with E-state index in [1.807, 2.05) is 0 Å². The van der Waals surface area contributed by atoms with Gasteiger partial charge in [0, 0.05) is 18.7 Å². The van der Waals surface area contributed by atoms with Crippen LogP contribution in [-0.2, 0) is 0 Å². The highest BCUT2D eigenvalue weighted by Gasteiger charge is 2.21. The molecule has 1 unspecified atom stereocenters. The fraction of sp³-hybridized carbons (Fsp3) is 0.818. The van der Waals surface area contributed by atoms with Gasteiger partial charge in [-0.05, 0) is 18.8 Å². The molecule has 1 atom stereocenters. The number of aryl methyl sites for hydroxylation is 1. The summed E-state index contributed by atoms with van der Waals surface area (Å²) in [6.07, 6.45) is 6.61. The highest BCUT2D eigenvalue weighted by molar-refractivity contribution is 7.99. The number of nitrogens with zero attached hydrogens (tertiary/aromatic N) is 2. The molecule has 1 aromatic heterocycles. The molecule has 1 fully saturated rings. The predicted octanol–water partition coefficient (Wildman–Crippen LogP) is 2.38. The maximum atomic E-state index is 6.19. The highest BCUT2D eigenvalue weighted by atomic mass is 32.2. The van der Waals surface area contributed by atoms with E-state index >= 15 is 0 Å². The van der Waals surface area contributed by atoms with Gasteiger partial charge in [-0.2, -0.15) is 0 Å². The van der Waals surface area contributed by atoms with Crippen molar-refractivity contribution in [1.29, 1.82) is 0 Å². The Hall–Kier alpha value is -0.550. The van der Waals surface area contributed by atoms with E-state index in [-0.39, 0.29) is 6.04 Å². The number of hydrogen-bond donors (Lipinski definition) is 1. The lowest BCUT2D eigenvalue weighted by molar-refractivity contribution is 0.318. The molecule has 1 aliphatic rings. The third kappa shape index (κ3) is 3.22. The summed E-state index contributed by atoms with van der Waals surface area (Å²) in [5.74, 6) is 2.19. The Bertz CT molecular complexity index is 323. The van der Waals surface area contributed by atoms with Gasteiger partial charge in [0.1, 0.15) is 0 Å². The Balaban J connectivity index is 1.76. The molecule has 1 heterocycles. The molecule has 2 N–H and O–H groups in total. The molecular formula is C11H19N3OS. The minimum absolute atomic E-state index is 0.262. The van der Waals surface area contributed by atoms with Crippen molar-refractivity contribution in [3.8, 4) is 0 Å². The van der Waals surface area contributed by atoms with Crippen molar-refractivity contribution in [3.63, 3.8) is 0 Å². The highest BCUT2D eigenvalue weighted by Crippen LogP contribution is 2.28. The quantitative estimate of drug-likeness (QED) is 0.820. The van der Waals surface area contributed by atoms with Crippen LogP contribution >= 0.6 is 11.8 Å². The lowest BCUT2D eigenvalue weighted by Crippen LogP contribution is -2.33. The molecule has 0 spiro atoms. The molecule has 0 aromatic carbocycles. The van der Waals surface area contributed by atoms with Crippen molar-refractivity contribution in [2.45, 2.75) is 50.3 Å². The average Bonchev–Trinajstić information content (AvgIpc) is 2.73. The van der Waals surface area contributed by atoms with E-state index < -0.39 is 0 Å². The van der Waals surface area contributed by atoms with E-state index in [2.05, 4.69) is 10.2 Å². The van der Waals surface area contributed by atoms with Gasteiger partial charge in [0.2, 0.25) is 5.89 Å². The lowest BCUT2D eigenvalue weighted by Gasteiger charge is -2.26. The van der Waals surface area contributed by atoms with Crippen LogP contribution in [0.4, 0.5) is 0 Å². The third-order valence-electron chi connectivity index (χ3n) is 3.16. The molecular weight excluding hydrogens is 222 g/mol. The van der Waals surface area contributed by atoms with Gasteiger partial charge in [-0.15, -0.1) is 10.2 Å². The Morgan fingerprint density at radius 2 is 2.12 bits per heavy atom. The summed E-state index contributed by atoms with van der Waals surface area (Å²) in [6, 6.07) is 0.262. The van der Waals surface area contributed by atoms with Gasteiger partial charge in [-0.1, -0.05) is 31.0 Å². The van der Waals surface area contributed by atoms with Crippen LogP contribution in [0.5, 0.6) is 0 Å². The van der Waals surface area contributed by atoms with Gasteiger partial charge in [0.05, 0.1) is 0 Å². The molecule has 4 nitrogen and oxygen atoms in total. The minimum atomic E-state index is 0.262. The summed E-state index contributed by atoms with van der Waals surface area (Å²) in [5.41, 5.74) is 6.19. The second-order valence-electron chi connectivity index (χ2n) is 4.46. The number of aromatic nitrogens is 2. The number of hydrogen-bond acceptors (Lipinski definition) is 5. The van der Waals surface area contributed by atoms with Crippen LogP contribution in [0.25, 0.3) is 0 Å².